The first-order valence-electron chi connectivity index (χ1n) is 11.2. The molecule has 6 rings (SSSR count). The third-order valence-electron chi connectivity index (χ3n) is 6.72. The average Bonchev–Trinajstić information content (AvgIpc) is 3.43. The van der Waals surface area contributed by atoms with Crippen LogP contribution in [0.3, 0.4) is 0 Å². The number of aromatic nitrogens is 2. The number of ether oxygens (including phenoxy) is 1. The molecule has 0 aliphatic carbocycles. The molecule has 1 fully saturated rings. The Labute approximate surface area is 187 Å². The zero-order valence-electron chi connectivity index (χ0n) is 18.2. The fourth-order valence-electron chi connectivity index (χ4n) is 5.03. The summed E-state index contributed by atoms with van der Waals surface area (Å²) in [5, 5.41) is 9.74. The van der Waals surface area contributed by atoms with E-state index in [4.69, 9.17) is 9.72 Å². The van der Waals surface area contributed by atoms with Gasteiger partial charge in [-0.1, -0.05) is 24.3 Å². The molecule has 0 N–H and O–H groups in total. The third kappa shape index (κ3) is 3.09. The Morgan fingerprint density at radius 3 is 2.75 bits per heavy atom. The van der Waals surface area contributed by atoms with E-state index in [0.29, 0.717) is 5.56 Å². The van der Waals surface area contributed by atoms with E-state index < -0.39 is 0 Å². The standard InChI is InChI=1S/C26H25N5O/c1-18-14-25(31-23-5-3-2-4-22(23)28-26(31)21(18)16-27)30-11-9-29(10-12-30)17-19-6-7-24-20(15-19)8-13-32-24/h2-7,14-15H,8-13,17H2,1H3. The van der Waals surface area contributed by atoms with Crippen molar-refractivity contribution in [2.75, 3.05) is 37.7 Å². The minimum atomic E-state index is 0.657. The molecule has 0 radical (unpaired) electrons. The van der Waals surface area contributed by atoms with E-state index in [1.165, 1.54) is 11.1 Å². The molecule has 160 valence electrons. The van der Waals surface area contributed by atoms with Crippen molar-refractivity contribution in [3.63, 3.8) is 0 Å². The lowest BCUT2D eigenvalue weighted by Gasteiger charge is -2.36. The van der Waals surface area contributed by atoms with Crippen molar-refractivity contribution in [2.45, 2.75) is 19.9 Å². The molecular formula is C26H25N5O. The number of rotatable bonds is 3. The lowest BCUT2D eigenvalue weighted by atomic mass is 10.1. The number of hydrogen-bond acceptors (Lipinski definition) is 5. The highest BCUT2D eigenvalue weighted by atomic mass is 16.5. The maximum absolute atomic E-state index is 9.74. The molecule has 0 atom stereocenters. The van der Waals surface area contributed by atoms with Crippen LogP contribution in [0.4, 0.5) is 5.82 Å². The molecule has 0 spiro atoms. The molecule has 2 aromatic heterocycles. The number of anilines is 1. The average molecular weight is 424 g/mol. The predicted molar refractivity (Wildman–Crippen MR) is 125 cm³/mol. The molecule has 6 nitrogen and oxygen atoms in total. The van der Waals surface area contributed by atoms with Crippen LogP contribution in [0.5, 0.6) is 5.75 Å². The Balaban J connectivity index is 1.28. The van der Waals surface area contributed by atoms with Crippen LogP contribution in [0, 0.1) is 18.3 Å². The Morgan fingerprint density at radius 2 is 1.91 bits per heavy atom. The van der Waals surface area contributed by atoms with Crippen molar-refractivity contribution >= 4 is 22.5 Å². The fraction of sp³-hybridized carbons (Fsp3) is 0.308. The van der Waals surface area contributed by atoms with Crippen LogP contribution in [-0.2, 0) is 13.0 Å². The molecule has 32 heavy (non-hydrogen) atoms. The summed E-state index contributed by atoms with van der Waals surface area (Å²) in [5.41, 5.74) is 7.07. The highest BCUT2D eigenvalue weighted by molar-refractivity contribution is 5.85. The maximum Gasteiger partial charge on any atom is 0.157 e. The van der Waals surface area contributed by atoms with Gasteiger partial charge in [0.05, 0.1) is 23.2 Å². The Bertz CT molecular complexity index is 1370. The van der Waals surface area contributed by atoms with E-state index in [0.717, 1.165) is 79.6 Å². The number of pyridine rings is 1. The molecule has 0 unspecified atom stereocenters. The SMILES string of the molecule is Cc1cc(N2CCN(Cc3ccc4c(c3)CCO4)CC2)n2c(nc3ccccc32)c1C#N. The van der Waals surface area contributed by atoms with Crippen molar-refractivity contribution in [3.8, 4) is 11.8 Å². The highest BCUT2D eigenvalue weighted by Gasteiger charge is 2.23. The number of hydrogen-bond donors (Lipinski definition) is 0. The first kappa shape index (κ1) is 19.1. The topological polar surface area (TPSA) is 56.8 Å². The maximum atomic E-state index is 9.74. The molecule has 4 aromatic rings. The third-order valence-corrected chi connectivity index (χ3v) is 6.72. The zero-order chi connectivity index (χ0) is 21.7. The van der Waals surface area contributed by atoms with Crippen LogP contribution >= 0.6 is 0 Å². The number of aryl methyl sites for hydroxylation is 1. The summed E-state index contributed by atoms with van der Waals surface area (Å²) >= 11 is 0. The highest BCUT2D eigenvalue weighted by Crippen LogP contribution is 2.30. The van der Waals surface area contributed by atoms with Gasteiger partial charge in [0, 0.05) is 39.1 Å². The second kappa shape index (κ2) is 7.54. The van der Waals surface area contributed by atoms with E-state index in [2.05, 4.69) is 50.6 Å². The Hall–Kier alpha value is -3.56. The van der Waals surface area contributed by atoms with E-state index >= 15 is 0 Å². The van der Waals surface area contributed by atoms with E-state index in [1.807, 2.05) is 25.1 Å². The number of fused-ring (bicyclic) bond motifs is 4. The quantitative estimate of drug-likeness (QED) is 0.500. The van der Waals surface area contributed by atoms with Gasteiger partial charge < -0.3 is 9.64 Å². The predicted octanol–water partition coefficient (Wildman–Crippen LogP) is 3.92. The summed E-state index contributed by atoms with van der Waals surface area (Å²) in [6.07, 6.45) is 1.02. The molecule has 2 aliphatic heterocycles. The van der Waals surface area contributed by atoms with Gasteiger partial charge in [0.25, 0.3) is 0 Å². The van der Waals surface area contributed by atoms with E-state index in [9.17, 15) is 5.26 Å². The van der Waals surface area contributed by atoms with Gasteiger partial charge in [-0.3, -0.25) is 9.30 Å². The van der Waals surface area contributed by atoms with Crippen LogP contribution in [0.2, 0.25) is 0 Å². The molecule has 2 aromatic carbocycles. The van der Waals surface area contributed by atoms with Gasteiger partial charge in [-0.25, -0.2) is 4.98 Å². The normalized spacial score (nSPS) is 16.3. The number of para-hydroxylation sites is 2. The Morgan fingerprint density at radius 1 is 1.06 bits per heavy atom. The van der Waals surface area contributed by atoms with Crippen molar-refractivity contribution in [1.29, 1.82) is 5.26 Å². The lowest BCUT2D eigenvalue weighted by Crippen LogP contribution is -2.46. The molecule has 0 saturated carbocycles. The number of benzene rings is 2. The zero-order valence-corrected chi connectivity index (χ0v) is 18.2. The summed E-state index contributed by atoms with van der Waals surface area (Å²) in [6.45, 7) is 7.68. The van der Waals surface area contributed by atoms with Gasteiger partial charge >= 0.3 is 0 Å². The molecule has 0 amide bonds. The summed E-state index contributed by atoms with van der Waals surface area (Å²) in [7, 11) is 0. The van der Waals surface area contributed by atoms with Gasteiger partial charge in [0.1, 0.15) is 17.6 Å². The van der Waals surface area contributed by atoms with Crippen LogP contribution in [-0.4, -0.2) is 47.1 Å². The number of piperazine rings is 1. The second-order valence-electron chi connectivity index (χ2n) is 8.74. The van der Waals surface area contributed by atoms with Crippen molar-refractivity contribution in [3.05, 3.63) is 70.8 Å². The van der Waals surface area contributed by atoms with Crippen molar-refractivity contribution < 1.29 is 4.74 Å². The van der Waals surface area contributed by atoms with Gasteiger partial charge in [-0.2, -0.15) is 5.26 Å². The Kier molecular flexibility index (Phi) is 4.51. The number of nitrogens with zero attached hydrogens (tertiary/aromatic N) is 5. The molecule has 2 aliphatic rings. The molecule has 0 bridgehead atoms. The summed E-state index contributed by atoms with van der Waals surface area (Å²) in [4.78, 5) is 9.75. The van der Waals surface area contributed by atoms with Crippen molar-refractivity contribution in [1.82, 2.24) is 14.3 Å². The monoisotopic (exact) mass is 423 g/mol. The van der Waals surface area contributed by atoms with Gasteiger partial charge in [0.15, 0.2) is 5.65 Å². The van der Waals surface area contributed by atoms with Crippen LogP contribution < -0.4 is 9.64 Å². The lowest BCUT2D eigenvalue weighted by molar-refractivity contribution is 0.249. The molecule has 6 heteroatoms. The van der Waals surface area contributed by atoms with Gasteiger partial charge in [0.2, 0.25) is 0 Å². The molecule has 4 heterocycles. The van der Waals surface area contributed by atoms with E-state index in [-0.39, 0.29) is 0 Å². The van der Waals surface area contributed by atoms with E-state index in [1.54, 1.807) is 0 Å². The number of imidazole rings is 1. The van der Waals surface area contributed by atoms with Crippen LogP contribution in [0.1, 0.15) is 22.3 Å². The number of nitriles is 1. The largest absolute Gasteiger partial charge is 0.493 e. The summed E-state index contributed by atoms with van der Waals surface area (Å²) in [6, 6.07) is 19.3. The van der Waals surface area contributed by atoms with Crippen molar-refractivity contribution in [2.24, 2.45) is 0 Å². The fourth-order valence-corrected chi connectivity index (χ4v) is 5.03. The molecule has 1 saturated heterocycles. The van der Waals surface area contributed by atoms with Crippen LogP contribution in [0.25, 0.3) is 16.7 Å². The first-order chi connectivity index (χ1) is 15.7. The molecular weight excluding hydrogens is 398 g/mol. The minimum absolute atomic E-state index is 0.657. The smallest absolute Gasteiger partial charge is 0.157 e. The minimum Gasteiger partial charge on any atom is -0.493 e. The second-order valence-corrected chi connectivity index (χ2v) is 8.74. The summed E-state index contributed by atoms with van der Waals surface area (Å²) < 4.78 is 7.81. The van der Waals surface area contributed by atoms with Crippen LogP contribution in [0.15, 0.2) is 48.5 Å². The van der Waals surface area contributed by atoms with Gasteiger partial charge in [-0.05, 0) is 47.9 Å². The first-order valence-corrected chi connectivity index (χ1v) is 11.2. The van der Waals surface area contributed by atoms with Gasteiger partial charge in [-0.15, -0.1) is 0 Å². The summed E-state index contributed by atoms with van der Waals surface area (Å²) in [5.74, 6) is 2.17.